The maximum atomic E-state index is 12.5. The Bertz CT molecular complexity index is 536. The van der Waals surface area contributed by atoms with E-state index < -0.39 is 34.8 Å². The number of benzene rings is 1. The van der Waals surface area contributed by atoms with Crippen LogP contribution in [0.25, 0.3) is 0 Å². The monoisotopic (exact) mass is 341 g/mol. The smallest absolute Gasteiger partial charge is 0.263 e. The van der Waals surface area contributed by atoms with Crippen LogP contribution in [0.2, 0.25) is 0 Å². The van der Waals surface area contributed by atoms with E-state index in [0.717, 1.165) is 25.0 Å². The number of nitrogens with zero attached hydrogens (tertiary/aromatic N) is 1. The third-order valence-electron chi connectivity index (χ3n) is 2.90. The highest BCUT2D eigenvalue weighted by Gasteiger charge is 2.52. The van der Waals surface area contributed by atoms with Crippen LogP contribution in [0.5, 0.6) is 0 Å². The Morgan fingerprint density at radius 1 is 0.913 bits per heavy atom. The number of carbonyl (C=O) groups excluding carboxylic acids is 2. The van der Waals surface area contributed by atoms with E-state index in [-0.39, 0.29) is 0 Å². The van der Waals surface area contributed by atoms with Crippen molar-refractivity contribution in [1.29, 1.82) is 0 Å². The number of halogens is 6. The number of anilines is 1. The summed E-state index contributed by atoms with van der Waals surface area (Å²) in [5.41, 5.74) is -0.107. The van der Waals surface area contributed by atoms with E-state index in [4.69, 9.17) is 0 Å². The van der Waals surface area contributed by atoms with Gasteiger partial charge in [0.15, 0.2) is 0 Å². The Morgan fingerprint density at radius 2 is 1.35 bits per heavy atom. The predicted molar refractivity (Wildman–Crippen MR) is 69.7 cm³/mol. The fourth-order valence-corrected chi connectivity index (χ4v) is 1.77. The molecular formula is C14H13F6NO2. The third-order valence-corrected chi connectivity index (χ3v) is 2.90. The van der Waals surface area contributed by atoms with Gasteiger partial charge in [0, 0.05) is 0 Å². The summed E-state index contributed by atoms with van der Waals surface area (Å²) in [7, 11) is 0. The number of alkyl halides is 6. The van der Waals surface area contributed by atoms with E-state index in [1.54, 1.807) is 0 Å². The molecule has 0 saturated heterocycles. The molecule has 9 heteroatoms. The normalized spacial score (nSPS) is 12.1. The molecule has 1 aromatic carbocycles. The summed E-state index contributed by atoms with van der Waals surface area (Å²) in [4.78, 5) is 21.5. The maximum Gasteiger partial charge on any atom is 0.472 e. The number of hydrogen-bond acceptors (Lipinski definition) is 2. The van der Waals surface area contributed by atoms with Crippen LogP contribution in [-0.4, -0.2) is 24.2 Å². The molecule has 0 spiro atoms. The van der Waals surface area contributed by atoms with E-state index in [1.807, 2.05) is 6.92 Å². The molecule has 0 unspecified atom stereocenters. The largest absolute Gasteiger partial charge is 0.472 e. The second-order valence-electron chi connectivity index (χ2n) is 4.71. The van der Waals surface area contributed by atoms with Gasteiger partial charge in [-0.3, -0.25) is 9.59 Å². The van der Waals surface area contributed by atoms with Crippen molar-refractivity contribution in [3.8, 4) is 0 Å². The summed E-state index contributed by atoms with van der Waals surface area (Å²) < 4.78 is 74.8. The lowest BCUT2D eigenvalue weighted by molar-refractivity contribution is -0.181. The molecule has 0 aliphatic rings. The topological polar surface area (TPSA) is 37.4 Å². The van der Waals surface area contributed by atoms with Gasteiger partial charge in [-0.15, -0.1) is 0 Å². The number of amides is 2. The molecule has 0 N–H and O–H groups in total. The van der Waals surface area contributed by atoms with E-state index in [9.17, 15) is 35.9 Å². The lowest BCUT2D eigenvalue weighted by Crippen LogP contribution is -2.50. The Balaban J connectivity index is 3.19. The molecule has 0 atom stereocenters. The quantitative estimate of drug-likeness (QED) is 0.776. The molecule has 23 heavy (non-hydrogen) atoms. The summed E-state index contributed by atoms with van der Waals surface area (Å²) in [6.07, 6.45) is -9.00. The molecule has 0 aromatic heterocycles. The van der Waals surface area contributed by atoms with Crippen molar-refractivity contribution in [1.82, 2.24) is 0 Å². The standard InChI is InChI=1S/C14H13F6NO2/c1-2-3-4-9-5-7-10(8-6-9)21(11(22)13(15,16)17)12(23)14(18,19)20/h5-8H,2-4H2,1H3. The minimum Gasteiger partial charge on any atom is -0.263 e. The van der Waals surface area contributed by atoms with E-state index in [1.165, 1.54) is 12.1 Å². The van der Waals surface area contributed by atoms with Crippen molar-refractivity contribution in [2.24, 2.45) is 0 Å². The first-order chi connectivity index (χ1) is 10.5. The zero-order chi connectivity index (χ0) is 17.8. The molecular weight excluding hydrogens is 328 g/mol. The maximum absolute atomic E-state index is 12.5. The molecule has 1 rings (SSSR count). The predicted octanol–water partition coefficient (Wildman–Crippen LogP) is 4.01. The molecule has 0 radical (unpaired) electrons. The highest BCUT2D eigenvalue weighted by molar-refractivity contribution is 6.18. The van der Waals surface area contributed by atoms with Gasteiger partial charge in [-0.25, -0.2) is 4.90 Å². The second-order valence-corrected chi connectivity index (χ2v) is 4.71. The molecule has 0 bridgehead atoms. The molecule has 128 valence electrons. The number of imide groups is 1. The summed E-state index contributed by atoms with van der Waals surface area (Å²) in [6, 6.07) is 4.34. The zero-order valence-electron chi connectivity index (χ0n) is 12.0. The van der Waals surface area contributed by atoms with Gasteiger partial charge in [0.1, 0.15) is 0 Å². The zero-order valence-corrected chi connectivity index (χ0v) is 12.0. The first kappa shape index (κ1) is 19.0. The molecule has 2 amide bonds. The third kappa shape index (κ3) is 4.97. The molecule has 0 saturated carbocycles. The Kier molecular flexibility index (Phi) is 5.79. The minimum absolute atomic E-state index is 0.581. The van der Waals surface area contributed by atoms with Crippen LogP contribution >= 0.6 is 0 Å². The molecule has 0 aliphatic heterocycles. The van der Waals surface area contributed by atoms with Crippen LogP contribution in [0, 0.1) is 0 Å². The van der Waals surface area contributed by atoms with Crippen LogP contribution < -0.4 is 4.90 Å². The lowest BCUT2D eigenvalue weighted by Gasteiger charge is -2.23. The van der Waals surface area contributed by atoms with Crippen molar-refractivity contribution in [2.75, 3.05) is 4.90 Å². The first-order valence-electron chi connectivity index (χ1n) is 6.59. The number of carbonyl (C=O) groups is 2. The highest BCUT2D eigenvalue weighted by atomic mass is 19.4. The molecule has 0 aliphatic carbocycles. The number of aryl methyl sites for hydroxylation is 1. The fraction of sp³-hybridized carbons (Fsp3) is 0.429. The van der Waals surface area contributed by atoms with Gasteiger partial charge in [-0.1, -0.05) is 25.5 Å². The molecule has 1 aromatic rings. The minimum atomic E-state index is -5.61. The van der Waals surface area contributed by atoms with Crippen LogP contribution in [0.1, 0.15) is 25.3 Å². The van der Waals surface area contributed by atoms with E-state index >= 15 is 0 Å². The summed E-state index contributed by atoms with van der Waals surface area (Å²) in [5.74, 6) is -5.78. The van der Waals surface area contributed by atoms with Crippen LogP contribution in [0.15, 0.2) is 24.3 Å². The van der Waals surface area contributed by atoms with Gasteiger partial charge in [-0.05, 0) is 30.5 Å². The van der Waals surface area contributed by atoms with E-state index in [2.05, 4.69) is 0 Å². The first-order valence-corrected chi connectivity index (χ1v) is 6.59. The van der Waals surface area contributed by atoms with Crippen molar-refractivity contribution < 1.29 is 35.9 Å². The lowest BCUT2D eigenvalue weighted by atomic mass is 10.1. The van der Waals surface area contributed by atoms with Crippen molar-refractivity contribution >= 4 is 17.5 Å². The average Bonchev–Trinajstić information content (AvgIpc) is 2.44. The SMILES string of the molecule is CCCCc1ccc(N(C(=O)C(F)(F)F)C(=O)C(F)(F)F)cc1. The van der Waals surface area contributed by atoms with E-state index in [0.29, 0.717) is 12.0 Å². The van der Waals surface area contributed by atoms with Gasteiger partial charge >= 0.3 is 24.2 Å². The van der Waals surface area contributed by atoms with Crippen LogP contribution in [0.4, 0.5) is 32.0 Å². The number of hydrogen-bond donors (Lipinski definition) is 0. The number of unbranched alkanes of at least 4 members (excludes halogenated alkanes) is 1. The Hall–Kier alpha value is -2.06. The van der Waals surface area contributed by atoms with Crippen LogP contribution in [-0.2, 0) is 16.0 Å². The molecule has 3 nitrogen and oxygen atoms in total. The summed E-state index contributed by atoms with van der Waals surface area (Å²) in [6.45, 7) is 1.92. The van der Waals surface area contributed by atoms with Crippen molar-refractivity contribution in [2.45, 2.75) is 38.5 Å². The van der Waals surface area contributed by atoms with Gasteiger partial charge < -0.3 is 0 Å². The van der Waals surface area contributed by atoms with Crippen molar-refractivity contribution in [3.63, 3.8) is 0 Å². The average molecular weight is 341 g/mol. The van der Waals surface area contributed by atoms with Crippen LogP contribution in [0.3, 0.4) is 0 Å². The van der Waals surface area contributed by atoms with Gasteiger partial charge in [0.25, 0.3) is 0 Å². The van der Waals surface area contributed by atoms with Gasteiger partial charge in [0.2, 0.25) is 0 Å². The van der Waals surface area contributed by atoms with Gasteiger partial charge in [-0.2, -0.15) is 26.3 Å². The van der Waals surface area contributed by atoms with Crippen molar-refractivity contribution in [3.05, 3.63) is 29.8 Å². The van der Waals surface area contributed by atoms with Gasteiger partial charge in [0.05, 0.1) is 5.69 Å². The fourth-order valence-electron chi connectivity index (χ4n) is 1.77. The Morgan fingerprint density at radius 3 is 1.70 bits per heavy atom. The summed E-state index contributed by atoms with van der Waals surface area (Å²) in [5, 5.41) is 0. The molecule has 0 heterocycles. The Labute approximate surface area is 127 Å². The highest BCUT2D eigenvalue weighted by Crippen LogP contribution is 2.29. The number of rotatable bonds is 4. The summed E-state index contributed by atoms with van der Waals surface area (Å²) >= 11 is 0. The second kappa shape index (κ2) is 7.01. The molecule has 0 fully saturated rings.